The van der Waals surface area contributed by atoms with E-state index < -0.39 is 0 Å². The van der Waals surface area contributed by atoms with Crippen LogP contribution in [0.15, 0.2) is 34.8 Å². The zero-order valence-electron chi connectivity index (χ0n) is 10.6. The quantitative estimate of drug-likeness (QED) is 0.841. The Morgan fingerprint density at radius 3 is 2.65 bits per heavy atom. The van der Waals surface area contributed by atoms with Crippen LogP contribution in [0.25, 0.3) is 0 Å². The van der Waals surface area contributed by atoms with Crippen molar-refractivity contribution in [3.8, 4) is 5.75 Å². The molecule has 0 saturated heterocycles. The fraction of sp³-hybridized carbons (Fsp3) is 0.429. The van der Waals surface area contributed by atoms with E-state index in [0.717, 1.165) is 21.4 Å². The molecule has 0 amide bonds. The molecule has 1 rings (SSSR count). The predicted molar refractivity (Wildman–Crippen MR) is 74.6 cm³/mol. The molecule has 0 aliphatic carbocycles. The van der Waals surface area contributed by atoms with Crippen LogP contribution in [0.5, 0.6) is 5.75 Å². The summed E-state index contributed by atoms with van der Waals surface area (Å²) in [4.78, 5) is 0. The van der Waals surface area contributed by atoms with Gasteiger partial charge in [-0.3, -0.25) is 0 Å². The highest BCUT2D eigenvalue weighted by Gasteiger charge is 2.23. The average molecular weight is 299 g/mol. The van der Waals surface area contributed by atoms with E-state index in [0.29, 0.717) is 6.61 Å². The fourth-order valence-corrected chi connectivity index (χ4v) is 2.35. The molecule has 94 valence electrons. The zero-order valence-corrected chi connectivity index (χ0v) is 12.2. The summed E-state index contributed by atoms with van der Waals surface area (Å²) in [6.45, 7) is 10.3. The largest absolute Gasteiger partial charge is 0.488 e. The topological polar surface area (TPSA) is 29.5 Å². The van der Waals surface area contributed by atoms with Gasteiger partial charge in [-0.1, -0.05) is 32.6 Å². The summed E-state index contributed by atoms with van der Waals surface area (Å²) in [5.74, 6) is 0.784. The monoisotopic (exact) mass is 298 g/mol. The van der Waals surface area contributed by atoms with Crippen molar-refractivity contribution < 1.29 is 9.84 Å². The molecule has 0 aromatic heterocycles. The molecule has 0 aliphatic rings. The molecule has 0 spiro atoms. The van der Waals surface area contributed by atoms with Crippen molar-refractivity contribution >= 4 is 15.9 Å². The third-order valence-corrected chi connectivity index (χ3v) is 3.38. The Bertz CT molecular complexity index is 411. The Kier molecular flexibility index (Phi) is 4.78. The van der Waals surface area contributed by atoms with E-state index in [1.807, 2.05) is 39.0 Å². The molecule has 0 unspecified atom stereocenters. The highest BCUT2D eigenvalue weighted by molar-refractivity contribution is 9.10. The standard InChI is InChI=1S/C14H19BrO2/c1-10(2)8-17-12-7-5-6-11(13(12)15)14(3,4)9-16/h5-7,16H,1,8-9H2,2-4H3. The van der Waals surface area contributed by atoms with Crippen molar-refractivity contribution in [2.45, 2.75) is 26.2 Å². The van der Waals surface area contributed by atoms with Crippen LogP contribution in [0.3, 0.4) is 0 Å². The second kappa shape index (κ2) is 5.69. The van der Waals surface area contributed by atoms with Crippen LogP contribution in [0.4, 0.5) is 0 Å². The normalized spacial score (nSPS) is 11.4. The van der Waals surface area contributed by atoms with Gasteiger partial charge in [-0.05, 0) is 40.1 Å². The first-order valence-corrected chi connectivity index (χ1v) is 6.35. The lowest BCUT2D eigenvalue weighted by atomic mass is 9.85. The van der Waals surface area contributed by atoms with Crippen LogP contribution < -0.4 is 4.74 Å². The lowest BCUT2D eigenvalue weighted by Gasteiger charge is -2.24. The minimum Gasteiger partial charge on any atom is -0.488 e. The van der Waals surface area contributed by atoms with Crippen molar-refractivity contribution in [1.82, 2.24) is 0 Å². The van der Waals surface area contributed by atoms with Gasteiger partial charge in [0.05, 0.1) is 11.1 Å². The van der Waals surface area contributed by atoms with Gasteiger partial charge in [-0.15, -0.1) is 0 Å². The lowest BCUT2D eigenvalue weighted by molar-refractivity contribution is 0.217. The minimum absolute atomic E-state index is 0.0928. The molecule has 17 heavy (non-hydrogen) atoms. The van der Waals surface area contributed by atoms with Crippen molar-refractivity contribution in [3.63, 3.8) is 0 Å². The van der Waals surface area contributed by atoms with E-state index in [1.165, 1.54) is 0 Å². The predicted octanol–water partition coefficient (Wildman–Crippen LogP) is 3.67. The van der Waals surface area contributed by atoms with Crippen molar-refractivity contribution in [3.05, 3.63) is 40.4 Å². The van der Waals surface area contributed by atoms with Gasteiger partial charge in [0.1, 0.15) is 12.4 Å². The van der Waals surface area contributed by atoms with E-state index in [-0.39, 0.29) is 12.0 Å². The van der Waals surface area contributed by atoms with Gasteiger partial charge in [-0.25, -0.2) is 0 Å². The van der Waals surface area contributed by atoms with Gasteiger partial charge in [-0.2, -0.15) is 0 Å². The number of rotatable bonds is 5. The average Bonchev–Trinajstić information content (AvgIpc) is 2.27. The Labute approximate surface area is 111 Å². The Morgan fingerprint density at radius 2 is 2.12 bits per heavy atom. The maximum Gasteiger partial charge on any atom is 0.134 e. The van der Waals surface area contributed by atoms with E-state index in [1.54, 1.807) is 0 Å². The summed E-state index contributed by atoms with van der Waals surface area (Å²) < 4.78 is 6.55. The lowest BCUT2D eigenvalue weighted by Crippen LogP contribution is -2.22. The van der Waals surface area contributed by atoms with Crippen LogP contribution >= 0.6 is 15.9 Å². The molecule has 0 aliphatic heterocycles. The van der Waals surface area contributed by atoms with Gasteiger partial charge in [0.2, 0.25) is 0 Å². The summed E-state index contributed by atoms with van der Waals surface area (Å²) in [5, 5.41) is 9.41. The summed E-state index contributed by atoms with van der Waals surface area (Å²) >= 11 is 3.54. The van der Waals surface area contributed by atoms with Gasteiger partial charge in [0.25, 0.3) is 0 Å². The maximum absolute atomic E-state index is 9.41. The number of benzene rings is 1. The molecular weight excluding hydrogens is 280 g/mol. The molecule has 1 aromatic rings. The van der Waals surface area contributed by atoms with Gasteiger partial charge < -0.3 is 9.84 Å². The number of aliphatic hydroxyl groups is 1. The maximum atomic E-state index is 9.41. The Balaban J connectivity index is 3.03. The first-order valence-electron chi connectivity index (χ1n) is 5.55. The van der Waals surface area contributed by atoms with Crippen LogP contribution in [0.2, 0.25) is 0 Å². The molecule has 0 heterocycles. The van der Waals surface area contributed by atoms with E-state index >= 15 is 0 Å². The van der Waals surface area contributed by atoms with Gasteiger partial charge >= 0.3 is 0 Å². The fourth-order valence-electron chi connectivity index (χ4n) is 1.43. The van der Waals surface area contributed by atoms with Crippen LogP contribution in [0.1, 0.15) is 26.3 Å². The first kappa shape index (κ1) is 14.3. The molecule has 1 aromatic carbocycles. The minimum atomic E-state index is -0.290. The molecule has 0 fully saturated rings. The number of hydrogen-bond acceptors (Lipinski definition) is 2. The van der Waals surface area contributed by atoms with E-state index in [4.69, 9.17) is 4.74 Å². The van der Waals surface area contributed by atoms with Crippen molar-refractivity contribution in [2.75, 3.05) is 13.2 Å². The number of hydrogen-bond donors (Lipinski definition) is 1. The molecule has 2 nitrogen and oxygen atoms in total. The van der Waals surface area contributed by atoms with Crippen LogP contribution in [-0.2, 0) is 5.41 Å². The number of ether oxygens (including phenoxy) is 1. The molecule has 0 atom stereocenters. The number of aliphatic hydroxyl groups excluding tert-OH is 1. The molecule has 0 bridgehead atoms. The SMILES string of the molecule is C=C(C)COc1cccc(C(C)(C)CO)c1Br. The van der Waals surface area contributed by atoms with Gasteiger partial charge in [0, 0.05) is 5.41 Å². The third-order valence-electron chi connectivity index (χ3n) is 2.56. The smallest absolute Gasteiger partial charge is 0.134 e. The summed E-state index contributed by atoms with van der Waals surface area (Å²) in [6.07, 6.45) is 0. The second-order valence-electron chi connectivity index (χ2n) is 4.91. The van der Waals surface area contributed by atoms with Crippen molar-refractivity contribution in [1.29, 1.82) is 0 Å². The third kappa shape index (κ3) is 3.58. The molecular formula is C14H19BrO2. The van der Waals surface area contributed by atoms with E-state index in [2.05, 4.69) is 22.5 Å². The second-order valence-corrected chi connectivity index (χ2v) is 5.70. The van der Waals surface area contributed by atoms with E-state index in [9.17, 15) is 5.11 Å². The molecule has 1 N–H and O–H groups in total. The molecule has 0 saturated carbocycles. The van der Waals surface area contributed by atoms with Gasteiger partial charge in [0.15, 0.2) is 0 Å². The van der Waals surface area contributed by atoms with Crippen molar-refractivity contribution in [2.24, 2.45) is 0 Å². The summed E-state index contributed by atoms with van der Waals surface area (Å²) in [6, 6.07) is 5.84. The highest BCUT2D eigenvalue weighted by atomic mass is 79.9. The summed E-state index contributed by atoms with van der Waals surface area (Å²) in [5.41, 5.74) is 1.73. The molecule has 0 radical (unpaired) electrons. The molecule has 3 heteroatoms. The Morgan fingerprint density at radius 1 is 1.47 bits per heavy atom. The zero-order chi connectivity index (χ0) is 13.1. The van der Waals surface area contributed by atoms with Crippen LogP contribution in [0, 0.1) is 0 Å². The highest BCUT2D eigenvalue weighted by Crippen LogP contribution is 2.36. The first-order chi connectivity index (χ1) is 7.88. The Hall–Kier alpha value is -0.800. The van der Waals surface area contributed by atoms with Crippen LogP contribution in [-0.4, -0.2) is 18.3 Å². The number of halogens is 1. The summed E-state index contributed by atoms with van der Waals surface area (Å²) in [7, 11) is 0.